The van der Waals surface area contributed by atoms with E-state index in [-0.39, 0.29) is 23.0 Å². The number of methoxy groups -OCH3 is 3. The minimum atomic E-state index is -0.902. The lowest BCUT2D eigenvalue weighted by molar-refractivity contribution is 0.369. The summed E-state index contributed by atoms with van der Waals surface area (Å²) in [5, 5.41) is 31.3. The summed E-state index contributed by atoms with van der Waals surface area (Å²) in [4.78, 5) is 8.91. The summed E-state index contributed by atoms with van der Waals surface area (Å²) in [5.74, 6) is 0.632. The maximum atomic E-state index is 10.6. The zero-order valence-electron chi connectivity index (χ0n) is 17.9. The number of hydrogen-bond acceptors (Lipinski definition) is 8. The van der Waals surface area contributed by atoms with Crippen molar-refractivity contribution in [1.82, 2.24) is 0 Å². The molecule has 0 saturated heterocycles. The Morgan fingerprint density at radius 1 is 0.625 bits per heavy atom. The van der Waals surface area contributed by atoms with Crippen LogP contribution in [0.25, 0.3) is 0 Å². The SMILES string of the molecule is COc1cccc(C=NC(N=Cc2cccc(OC)c2O)c2cccc(OC)c2O)c1O. The van der Waals surface area contributed by atoms with Gasteiger partial charge in [0.15, 0.2) is 40.7 Å². The molecule has 3 N–H and O–H groups in total. The molecule has 0 fully saturated rings. The average Bonchev–Trinajstić information content (AvgIpc) is 2.81. The van der Waals surface area contributed by atoms with Crippen LogP contribution in [0.3, 0.4) is 0 Å². The first-order valence-electron chi connectivity index (χ1n) is 9.64. The Hall–Kier alpha value is -4.20. The number of rotatable bonds is 8. The molecular formula is C24H24N2O6. The van der Waals surface area contributed by atoms with Crippen LogP contribution in [0.15, 0.2) is 64.6 Å². The number of hydrogen-bond donors (Lipinski definition) is 3. The predicted molar refractivity (Wildman–Crippen MR) is 122 cm³/mol. The monoisotopic (exact) mass is 436 g/mol. The molecule has 3 aromatic rings. The summed E-state index contributed by atoms with van der Waals surface area (Å²) < 4.78 is 15.5. The summed E-state index contributed by atoms with van der Waals surface area (Å²) in [5.41, 5.74) is 1.20. The molecule has 0 aromatic heterocycles. The summed E-state index contributed by atoms with van der Waals surface area (Å²) in [6.07, 6.45) is 1.97. The van der Waals surface area contributed by atoms with E-state index in [1.165, 1.54) is 33.8 Å². The molecule has 3 rings (SSSR count). The molecule has 3 aromatic carbocycles. The van der Waals surface area contributed by atoms with Gasteiger partial charge in [-0.25, -0.2) is 0 Å². The first-order chi connectivity index (χ1) is 15.5. The summed E-state index contributed by atoms with van der Waals surface area (Å²) >= 11 is 0. The van der Waals surface area contributed by atoms with Crippen molar-refractivity contribution >= 4 is 12.4 Å². The molecule has 8 heteroatoms. The van der Waals surface area contributed by atoms with E-state index in [1.54, 1.807) is 54.6 Å². The van der Waals surface area contributed by atoms with Crippen LogP contribution in [0.5, 0.6) is 34.5 Å². The van der Waals surface area contributed by atoms with E-state index >= 15 is 0 Å². The van der Waals surface area contributed by atoms with Gasteiger partial charge in [-0.1, -0.05) is 24.3 Å². The molecule has 8 nitrogen and oxygen atoms in total. The second-order valence-electron chi connectivity index (χ2n) is 6.62. The lowest BCUT2D eigenvalue weighted by atomic mass is 10.1. The van der Waals surface area contributed by atoms with Crippen molar-refractivity contribution in [3.63, 3.8) is 0 Å². The van der Waals surface area contributed by atoms with Gasteiger partial charge >= 0.3 is 0 Å². The average molecular weight is 436 g/mol. The van der Waals surface area contributed by atoms with Crippen molar-refractivity contribution in [3.05, 3.63) is 71.3 Å². The maximum absolute atomic E-state index is 10.6. The molecule has 32 heavy (non-hydrogen) atoms. The third kappa shape index (κ3) is 4.75. The van der Waals surface area contributed by atoms with Crippen LogP contribution in [0.1, 0.15) is 22.9 Å². The minimum Gasteiger partial charge on any atom is -0.504 e. The lowest BCUT2D eigenvalue weighted by Gasteiger charge is -2.13. The fraction of sp³-hybridized carbons (Fsp3) is 0.167. The van der Waals surface area contributed by atoms with Crippen LogP contribution in [-0.2, 0) is 0 Å². The van der Waals surface area contributed by atoms with Gasteiger partial charge in [0.1, 0.15) is 0 Å². The second-order valence-corrected chi connectivity index (χ2v) is 6.62. The predicted octanol–water partition coefficient (Wildman–Crippen LogP) is 4.07. The zero-order valence-corrected chi connectivity index (χ0v) is 17.9. The van der Waals surface area contributed by atoms with E-state index in [0.29, 0.717) is 28.2 Å². The molecule has 0 atom stereocenters. The fourth-order valence-corrected chi connectivity index (χ4v) is 3.03. The van der Waals surface area contributed by atoms with E-state index in [2.05, 4.69) is 9.98 Å². The number of aliphatic imine (C=N–C) groups is 2. The second kappa shape index (κ2) is 10.2. The number of phenolic OH excluding ortho intramolecular Hbond substituents is 3. The largest absolute Gasteiger partial charge is 0.504 e. The molecule has 0 aliphatic carbocycles. The summed E-state index contributed by atoms with van der Waals surface area (Å²) in [6, 6.07) is 15.0. The minimum absolute atomic E-state index is 0.0678. The van der Waals surface area contributed by atoms with Crippen molar-refractivity contribution in [2.75, 3.05) is 21.3 Å². The van der Waals surface area contributed by atoms with Crippen molar-refractivity contribution in [2.24, 2.45) is 9.98 Å². The molecule has 166 valence electrons. The van der Waals surface area contributed by atoms with Gasteiger partial charge < -0.3 is 29.5 Å². The maximum Gasteiger partial charge on any atom is 0.168 e. The molecule has 0 heterocycles. The smallest absolute Gasteiger partial charge is 0.168 e. The van der Waals surface area contributed by atoms with Gasteiger partial charge in [-0.15, -0.1) is 0 Å². The van der Waals surface area contributed by atoms with Crippen LogP contribution in [-0.4, -0.2) is 49.1 Å². The van der Waals surface area contributed by atoms with Gasteiger partial charge in [0.05, 0.1) is 21.3 Å². The Balaban J connectivity index is 2.05. The highest BCUT2D eigenvalue weighted by molar-refractivity contribution is 5.86. The number of benzene rings is 3. The molecule has 0 spiro atoms. The topological polar surface area (TPSA) is 113 Å². The Kier molecular flexibility index (Phi) is 7.17. The van der Waals surface area contributed by atoms with E-state index in [1.807, 2.05) is 0 Å². The molecule has 0 saturated carbocycles. The van der Waals surface area contributed by atoms with E-state index < -0.39 is 6.17 Å². The zero-order chi connectivity index (χ0) is 23.1. The van der Waals surface area contributed by atoms with Gasteiger partial charge in [0, 0.05) is 29.1 Å². The number of phenols is 3. The lowest BCUT2D eigenvalue weighted by Crippen LogP contribution is -1.98. The number of ether oxygens (including phenoxy) is 3. The molecule has 0 aliphatic rings. The van der Waals surface area contributed by atoms with Crippen molar-refractivity contribution < 1.29 is 29.5 Å². The standard InChI is InChI=1S/C24H24N2O6/c1-30-18-10-4-7-15(21(18)27)13-25-24(17-9-6-12-20(32-3)23(17)29)26-14-16-8-5-11-19(31-2)22(16)28/h4-14,24,27-29H,1-3H3. The first kappa shape index (κ1) is 22.5. The van der Waals surface area contributed by atoms with Crippen molar-refractivity contribution in [1.29, 1.82) is 0 Å². The molecule has 0 unspecified atom stereocenters. The molecule has 0 radical (unpaired) electrons. The van der Waals surface area contributed by atoms with E-state index in [0.717, 1.165) is 0 Å². The Morgan fingerprint density at radius 2 is 1.03 bits per heavy atom. The van der Waals surface area contributed by atoms with Gasteiger partial charge in [0.2, 0.25) is 0 Å². The van der Waals surface area contributed by atoms with Gasteiger partial charge in [-0.2, -0.15) is 0 Å². The van der Waals surface area contributed by atoms with Crippen LogP contribution < -0.4 is 14.2 Å². The summed E-state index contributed by atoms with van der Waals surface area (Å²) in [6.45, 7) is 0. The number of aromatic hydroxyl groups is 3. The van der Waals surface area contributed by atoms with Crippen LogP contribution >= 0.6 is 0 Å². The van der Waals surface area contributed by atoms with Crippen LogP contribution in [0.4, 0.5) is 0 Å². The van der Waals surface area contributed by atoms with Crippen LogP contribution in [0, 0.1) is 0 Å². The highest BCUT2D eigenvalue weighted by Gasteiger charge is 2.17. The molecule has 0 amide bonds. The molecule has 0 bridgehead atoms. The normalized spacial score (nSPS) is 12.2. The van der Waals surface area contributed by atoms with E-state index in [4.69, 9.17) is 14.2 Å². The third-order valence-corrected chi connectivity index (χ3v) is 4.74. The third-order valence-electron chi connectivity index (χ3n) is 4.74. The number of para-hydroxylation sites is 3. The van der Waals surface area contributed by atoms with Crippen molar-refractivity contribution in [2.45, 2.75) is 6.17 Å². The Morgan fingerprint density at radius 3 is 1.47 bits per heavy atom. The van der Waals surface area contributed by atoms with E-state index in [9.17, 15) is 15.3 Å². The van der Waals surface area contributed by atoms with Crippen LogP contribution in [0.2, 0.25) is 0 Å². The van der Waals surface area contributed by atoms with Gasteiger partial charge in [-0.3, -0.25) is 9.98 Å². The quantitative estimate of drug-likeness (QED) is 0.459. The Bertz CT molecular complexity index is 1080. The van der Waals surface area contributed by atoms with Gasteiger partial charge in [0.25, 0.3) is 0 Å². The highest BCUT2D eigenvalue weighted by atomic mass is 16.5. The Labute approximate surface area is 185 Å². The molecular weight excluding hydrogens is 412 g/mol. The molecule has 0 aliphatic heterocycles. The first-order valence-corrected chi connectivity index (χ1v) is 9.64. The fourth-order valence-electron chi connectivity index (χ4n) is 3.03. The summed E-state index contributed by atoms with van der Waals surface area (Å²) in [7, 11) is 4.36. The van der Waals surface area contributed by atoms with Crippen molar-refractivity contribution in [3.8, 4) is 34.5 Å². The number of nitrogens with zero attached hydrogens (tertiary/aromatic N) is 2. The highest BCUT2D eigenvalue weighted by Crippen LogP contribution is 2.36. The van der Waals surface area contributed by atoms with Gasteiger partial charge in [-0.05, 0) is 30.3 Å².